The van der Waals surface area contributed by atoms with Crippen LogP contribution in [0.4, 0.5) is 0 Å². The first-order chi connectivity index (χ1) is 8.97. The van der Waals surface area contributed by atoms with E-state index in [-0.39, 0.29) is 0 Å². The van der Waals surface area contributed by atoms with Gasteiger partial charge in [-0.05, 0) is 32.0 Å². The van der Waals surface area contributed by atoms with Gasteiger partial charge in [0.1, 0.15) is 0 Å². The highest BCUT2D eigenvalue weighted by Crippen LogP contribution is 2.23. The molecule has 19 heavy (non-hydrogen) atoms. The average molecular weight is 284 g/mol. The molecule has 0 aliphatic carbocycles. The fraction of sp³-hybridized carbons (Fsp3) is 0.538. The van der Waals surface area contributed by atoms with Crippen LogP contribution in [0.1, 0.15) is 18.9 Å². The van der Waals surface area contributed by atoms with Crippen LogP contribution in [0.25, 0.3) is 0 Å². The molecule has 1 aliphatic rings. The van der Waals surface area contributed by atoms with Crippen LogP contribution in [0.2, 0.25) is 0 Å². The molecule has 2 rings (SSSR count). The van der Waals surface area contributed by atoms with E-state index in [9.17, 15) is 8.42 Å². The van der Waals surface area contributed by atoms with Crippen LogP contribution in [-0.4, -0.2) is 34.2 Å². The maximum atomic E-state index is 12.5. The molecule has 0 amide bonds. The third-order valence-electron chi connectivity index (χ3n) is 3.23. The van der Waals surface area contributed by atoms with Gasteiger partial charge in [-0.3, -0.25) is 0 Å². The molecule has 1 aromatic carbocycles. The highest BCUT2D eigenvalue weighted by molar-refractivity contribution is 7.89. The maximum Gasteiger partial charge on any atom is 0.241 e. The molecule has 1 aromatic rings. The van der Waals surface area contributed by atoms with Gasteiger partial charge in [0.2, 0.25) is 10.0 Å². The molecule has 1 saturated heterocycles. The first-order valence-electron chi connectivity index (χ1n) is 6.31. The van der Waals surface area contributed by atoms with Crippen LogP contribution < -0.4 is 10.0 Å². The first-order valence-corrected chi connectivity index (χ1v) is 7.79. The molecule has 0 spiro atoms. The fourth-order valence-corrected chi connectivity index (χ4v) is 3.89. The second-order valence-electron chi connectivity index (χ2n) is 5.11. The van der Waals surface area contributed by atoms with E-state index in [1.54, 1.807) is 19.2 Å². The Bertz CT molecular complexity index is 537. The summed E-state index contributed by atoms with van der Waals surface area (Å²) in [7, 11) is -1.73. The summed E-state index contributed by atoms with van der Waals surface area (Å²) in [6.07, 6.45) is 0.695. The number of rotatable bonds is 5. The minimum absolute atomic E-state index is 0.331. The Kier molecular flexibility index (Phi) is 4.25. The molecule has 0 radical (unpaired) electrons. The lowest BCUT2D eigenvalue weighted by Gasteiger charge is -2.24. The standard InChI is InChI=1S/C13H20N2O3S/c1-13(7-8-18-10-13)15-19(16,17)12-6-4-3-5-11(12)9-14-2/h3-6,14-15H,7-10H2,1-2H3. The quantitative estimate of drug-likeness (QED) is 0.841. The second kappa shape index (κ2) is 5.58. The van der Waals surface area contributed by atoms with Gasteiger partial charge in [0.05, 0.1) is 17.0 Å². The predicted molar refractivity (Wildman–Crippen MR) is 73.4 cm³/mol. The largest absolute Gasteiger partial charge is 0.379 e. The number of nitrogens with one attached hydrogen (secondary N) is 2. The fourth-order valence-electron chi connectivity index (χ4n) is 2.23. The average Bonchev–Trinajstić information content (AvgIpc) is 2.76. The van der Waals surface area contributed by atoms with Gasteiger partial charge in [0, 0.05) is 13.2 Å². The minimum atomic E-state index is -3.52. The van der Waals surface area contributed by atoms with Crippen molar-refractivity contribution < 1.29 is 13.2 Å². The lowest BCUT2D eigenvalue weighted by Crippen LogP contribution is -2.46. The topological polar surface area (TPSA) is 67.4 Å². The van der Waals surface area contributed by atoms with Crippen LogP contribution in [-0.2, 0) is 21.3 Å². The van der Waals surface area contributed by atoms with Gasteiger partial charge in [-0.25, -0.2) is 13.1 Å². The Balaban J connectivity index is 2.29. The monoisotopic (exact) mass is 284 g/mol. The molecule has 0 bridgehead atoms. The summed E-state index contributed by atoms with van der Waals surface area (Å²) < 4.78 is 33.0. The normalized spacial score (nSPS) is 23.7. The molecule has 106 valence electrons. The van der Waals surface area contributed by atoms with E-state index in [2.05, 4.69) is 10.0 Å². The third-order valence-corrected chi connectivity index (χ3v) is 4.97. The summed E-state index contributed by atoms with van der Waals surface area (Å²) >= 11 is 0. The SMILES string of the molecule is CNCc1ccccc1S(=O)(=O)NC1(C)CCOC1. The van der Waals surface area contributed by atoms with Crippen LogP contribution >= 0.6 is 0 Å². The Labute approximate surface area is 114 Å². The van der Waals surface area contributed by atoms with Gasteiger partial charge in [0.15, 0.2) is 0 Å². The molecule has 1 heterocycles. The van der Waals surface area contributed by atoms with E-state index >= 15 is 0 Å². The van der Waals surface area contributed by atoms with E-state index in [1.807, 2.05) is 19.1 Å². The van der Waals surface area contributed by atoms with E-state index in [4.69, 9.17) is 4.74 Å². The zero-order valence-electron chi connectivity index (χ0n) is 11.3. The molecule has 1 fully saturated rings. The van der Waals surface area contributed by atoms with Gasteiger partial charge >= 0.3 is 0 Å². The Morgan fingerprint density at radius 2 is 2.11 bits per heavy atom. The molecule has 2 N–H and O–H groups in total. The van der Waals surface area contributed by atoms with Crippen molar-refractivity contribution in [1.82, 2.24) is 10.0 Å². The zero-order chi connectivity index (χ0) is 13.9. The molecular formula is C13H20N2O3S. The summed E-state index contributed by atoms with van der Waals surface area (Å²) in [6, 6.07) is 7.03. The Morgan fingerprint density at radius 3 is 2.74 bits per heavy atom. The molecular weight excluding hydrogens is 264 g/mol. The van der Waals surface area contributed by atoms with Crippen LogP contribution in [0.15, 0.2) is 29.2 Å². The number of hydrogen-bond donors (Lipinski definition) is 2. The van der Waals surface area contributed by atoms with Crippen LogP contribution in [0, 0.1) is 0 Å². The smallest absolute Gasteiger partial charge is 0.241 e. The summed E-state index contributed by atoms with van der Waals surface area (Å²) in [6.45, 7) is 3.40. The van der Waals surface area contributed by atoms with Crippen molar-refractivity contribution in [2.24, 2.45) is 0 Å². The van der Waals surface area contributed by atoms with Gasteiger partial charge in [-0.2, -0.15) is 0 Å². The molecule has 5 nitrogen and oxygen atoms in total. The van der Waals surface area contributed by atoms with Crippen molar-refractivity contribution in [3.8, 4) is 0 Å². The molecule has 1 aliphatic heterocycles. The maximum absolute atomic E-state index is 12.5. The summed E-state index contributed by atoms with van der Waals surface area (Å²) in [5.41, 5.74) is 0.256. The number of sulfonamides is 1. The van der Waals surface area contributed by atoms with Gasteiger partial charge in [0.25, 0.3) is 0 Å². The molecule has 0 aromatic heterocycles. The summed E-state index contributed by atoms with van der Waals surface area (Å²) in [5, 5.41) is 2.98. The van der Waals surface area contributed by atoms with Crippen molar-refractivity contribution in [1.29, 1.82) is 0 Å². The molecule has 6 heteroatoms. The predicted octanol–water partition coefficient (Wildman–Crippen LogP) is 0.863. The van der Waals surface area contributed by atoms with Crippen molar-refractivity contribution >= 4 is 10.0 Å². The van der Waals surface area contributed by atoms with E-state index in [0.717, 1.165) is 5.56 Å². The Morgan fingerprint density at radius 1 is 1.37 bits per heavy atom. The highest BCUT2D eigenvalue weighted by atomic mass is 32.2. The number of ether oxygens (including phenoxy) is 1. The summed E-state index contributed by atoms with van der Waals surface area (Å²) in [4.78, 5) is 0.331. The summed E-state index contributed by atoms with van der Waals surface area (Å²) in [5.74, 6) is 0. The molecule has 0 saturated carbocycles. The number of benzene rings is 1. The van der Waals surface area contributed by atoms with Gasteiger partial charge in [-0.15, -0.1) is 0 Å². The van der Waals surface area contributed by atoms with Gasteiger partial charge in [-0.1, -0.05) is 18.2 Å². The minimum Gasteiger partial charge on any atom is -0.379 e. The zero-order valence-corrected chi connectivity index (χ0v) is 12.1. The first kappa shape index (κ1) is 14.5. The van der Waals surface area contributed by atoms with E-state index < -0.39 is 15.6 Å². The van der Waals surface area contributed by atoms with Crippen molar-refractivity contribution in [3.05, 3.63) is 29.8 Å². The van der Waals surface area contributed by atoms with Crippen LogP contribution in [0.3, 0.4) is 0 Å². The van der Waals surface area contributed by atoms with E-state index in [1.165, 1.54) is 0 Å². The lowest BCUT2D eigenvalue weighted by atomic mass is 10.0. The number of hydrogen-bond acceptors (Lipinski definition) is 4. The second-order valence-corrected chi connectivity index (χ2v) is 6.76. The van der Waals surface area contributed by atoms with Crippen molar-refractivity contribution in [2.75, 3.05) is 20.3 Å². The van der Waals surface area contributed by atoms with E-state index in [0.29, 0.717) is 31.1 Å². The van der Waals surface area contributed by atoms with Crippen LogP contribution in [0.5, 0.6) is 0 Å². The third kappa shape index (κ3) is 3.33. The molecule has 1 unspecified atom stereocenters. The lowest BCUT2D eigenvalue weighted by molar-refractivity contribution is 0.178. The Hall–Kier alpha value is -0.950. The van der Waals surface area contributed by atoms with Gasteiger partial charge < -0.3 is 10.1 Å². The van der Waals surface area contributed by atoms with Crippen molar-refractivity contribution in [3.63, 3.8) is 0 Å². The van der Waals surface area contributed by atoms with Crippen molar-refractivity contribution in [2.45, 2.75) is 30.3 Å². The highest BCUT2D eigenvalue weighted by Gasteiger charge is 2.35. The molecule has 1 atom stereocenters.